The van der Waals surface area contributed by atoms with Crippen molar-refractivity contribution in [2.45, 2.75) is 13.8 Å². The maximum Gasteiger partial charge on any atom is 0.251 e. The van der Waals surface area contributed by atoms with Crippen LogP contribution >= 0.6 is 0 Å². The zero-order chi connectivity index (χ0) is 11.5. The molecule has 0 atom stereocenters. The van der Waals surface area contributed by atoms with E-state index < -0.39 is 0 Å². The Bertz CT molecular complexity index is 445. The SMILES string of the molecule is CC(C(=O)Nc1cccnc1C)=C1CNC1. The van der Waals surface area contributed by atoms with Gasteiger partial charge in [0.1, 0.15) is 0 Å². The number of hydrogen-bond acceptors (Lipinski definition) is 3. The van der Waals surface area contributed by atoms with Crippen molar-refractivity contribution in [1.29, 1.82) is 0 Å². The molecule has 0 bridgehead atoms. The van der Waals surface area contributed by atoms with E-state index in [1.54, 1.807) is 6.20 Å². The van der Waals surface area contributed by atoms with E-state index in [-0.39, 0.29) is 5.91 Å². The van der Waals surface area contributed by atoms with Crippen LogP contribution in [-0.4, -0.2) is 24.0 Å². The van der Waals surface area contributed by atoms with Crippen LogP contribution in [0.1, 0.15) is 12.6 Å². The van der Waals surface area contributed by atoms with Gasteiger partial charge in [-0.05, 0) is 31.6 Å². The molecule has 0 aromatic carbocycles. The third-order valence-corrected chi connectivity index (χ3v) is 2.80. The molecule has 0 spiro atoms. The minimum atomic E-state index is -0.0346. The van der Waals surface area contributed by atoms with Crippen molar-refractivity contribution in [2.75, 3.05) is 18.4 Å². The number of nitrogens with zero attached hydrogens (tertiary/aromatic N) is 1. The van der Waals surface area contributed by atoms with Crippen LogP contribution in [0.3, 0.4) is 0 Å². The highest BCUT2D eigenvalue weighted by Gasteiger charge is 2.16. The summed E-state index contributed by atoms with van der Waals surface area (Å²) in [6.07, 6.45) is 1.71. The maximum atomic E-state index is 11.9. The first-order chi connectivity index (χ1) is 7.68. The largest absolute Gasteiger partial charge is 0.321 e. The fourth-order valence-electron chi connectivity index (χ4n) is 1.51. The molecule has 0 aliphatic carbocycles. The lowest BCUT2D eigenvalue weighted by Crippen LogP contribution is -2.36. The van der Waals surface area contributed by atoms with Gasteiger partial charge in [0, 0.05) is 24.9 Å². The predicted molar refractivity (Wildman–Crippen MR) is 63.2 cm³/mol. The Morgan fingerprint density at radius 1 is 1.50 bits per heavy atom. The number of carbonyl (C=O) groups excluding carboxylic acids is 1. The molecule has 84 valence electrons. The van der Waals surface area contributed by atoms with Crippen LogP contribution in [0.4, 0.5) is 5.69 Å². The van der Waals surface area contributed by atoms with Gasteiger partial charge >= 0.3 is 0 Å². The summed E-state index contributed by atoms with van der Waals surface area (Å²) in [7, 11) is 0. The average molecular weight is 217 g/mol. The van der Waals surface area contributed by atoms with Gasteiger partial charge in [0.25, 0.3) is 5.91 Å². The van der Waals surface area contributed by atoms with Crippen LogP contribution in [0.15, 0.2) is 29.5 Å². The molecule has 1 aromatic heterocycles. The molecule has 4 nitrogen and oxygen atoms in total. The molecule has 16 heavy (non-hydrogen) atoms. The van der Waals surface area contributed by atoms with E-state index in [4.69, 9.17) is 0 Å². The van der Waals surface area contributed by atoms with Crippen LogP contribution < -0.4 is 10.6 Å². The number of amides is 1. The molecule has 1 amide bonds. The summed E-state index contributed by atoms with van der Waals surface area (Å²) >= 11 is 0. The van der Waals surface area contributed by atoms with E-state index >= 15 is 0 Å². The van der Waals surface area contributed by atoms with E-state index in [1.165, 1.54) is 5.57 Å². The first kappa shape index (κ1) is 10.8. The second-order valence-corrected chi connectivity index (χ2v) is 3.92. The van der Waals surface area contributed by atoms with E-state index in [9.17, 15) is 4.79 Å². The smallest absolute Gasteiger partial charge is 0.251 e. The third-order valence-electron chi connectivity index (χ3n) is 2.80. The van der Waals surface area contributed by atoms with Gasteiger partial charge in [0.15, 0.2) is 0 Å². The van der Waals surface area contributed by atoms with E-state index in [0.717, 1.165) is 30.0 Å². The first-order valence-corrected chi connectivity index (χ1v) is 5.31. The Balaban J connectivity index is 2.11. The lowest BCUT2D eigenvalue weighted by molar-refractivity contribution is -0.112. The summed E-state index contributed by atoms with van der Waals surface area (Å²) in [5.41, 5.74) is 3.60. The average Bonchev–Trinajstić information content (AvgIpc) is 2.18. The third kappa shape index (κ3) is 2.12. The highest BCUT2D eigenvalue weighted by atomic mass is 16.1. The van der Waals surface area contributed by atoms with E-state index in [1.807, 2.05) is 26.0 Å². The lowest BCUT2D eigenvalue weighted by Gasteiger charge is -2.21. The summed E-state index contributed by atoms with van der Waals surface area (Å²) in [6, 6.07) is 3.67. The number of aryl methyl sites for hydroxylation is 1. The molecular formula is C12H15N3O. The number of rotatable bonds is 2. The molecule has 1 aliphatic rings. The van der Waals surface area contributed by atoms with Gasteiger partial charge in [-0.1, -0.05) is 0 Å². The molecule has 2 heterocycles. The first-order valence-electron chi connectivity index (χ1n) is 5.31. The molecule has 1 aliphatic heterocycles. The van der Waals surface area contributed by atoms with Crippen LogP contribution in [0.5, 0.6) is 0 Å². The van der Waals surface area contributed by atoms with Crippen LogP contribution in [0, 0.1) is 6.92 Å². The van der Waals surface area contributed by atoms with Gasteiger partial charge in [-0.15, -0.1) is 0 Å². The molecule has 4 heteroatoms. The topological polar surface area (TPSA) is 54.0 Å². The summed E-state index contributed by atoms with van der Waals surface area (Å²) in [5, 5.41) is 5.99. The monoisotopic (exact) mass is 217 g/mol. The number of anilines is 1. The summed E-state index contributed by atoms with van der Waals surface area (Å²) in [6.45, 7) is 5.39. The van der Waals surface area contributed by atoms with Crippen molar-refractivity contribution in [3.05, 3.63) is 35.2 Å². The van der Waals surface area contributed by atoms with E-state index in [0.29, 0.717) is 0 Å². The number of aromatic nitrogens is 1. The number of nitrogens with one attached hydrogen (secondary N) is 2. The molecule has 2 rings (SSSR count). The van der Waals surface area contributed by atoms with Crippen LogP contribution in [0.25, 0.3) is 0 Å². The van der Waals surface area contributed by atoms with Crippen molar-refractivity contribution in [1.82, 2.24) is 10.3 Å². The zero-order valence-electron chi connectivity index (χ0n) is 9.50. The number of pyridine rings is 1. The van der Waals surface area contributed by atoms with Gasteiger partial charge in [0.05, 0.1) is 11.4 Å². The minimum Gasteiger partial charge on any atom is -0.321 e. The molecule has 0 unspecified atom stereocenters. The van der Waals surface area contributed by atoms with Crippen molar-refractivity contribution in [2.24, 2.45) is 0 Å². The Morgan fingerprint density at radius 2 is 2.25 bits per heavy atom. The van der Waals surface area contributed by atoms with Gasteiger partial charge in [0.2, 0.25) is 0 Å². The minimum absolute atomic E-state index is 0.0346. The van der Waals surface area contributed by atoms with Gasteiger partial charge in [-0.2, -0.15) is 0 Å². The zero-order valence-corrected chi connectivity index (χ0v) is 9.50. The Labute approximate surface area is 94.8 Å². The summed E-state index contributed by atoms with van der Waals surface area (Å²) in [4.78, 5) is 16.0. The molecular weight excluding hydrogens is 202 g/mol. The van der Waals surface area contributed by atoms with Crippen LogP contribution in [-0.2, 0) is 4.79 Å². The summed E-state index contributed by atoms with van der Waals surface area (Å²) < 4.78 is 0. The molecule has 1 saturated heterocycles. The molecule has 0 radical (unpaired) electrons. The number of carbonyl (C=O) groups is 1. The fraction of sp³-hybridized carbons (Fsp3) is 0.333. The van der Waals surface area contributed by atoms with Crippen molar-refractivity contribution in [3.8, 4) is 0 Å². The molecule has 1 fully saturated rings. The number of hydrogen-bond donors (Lipinski definition) is 2. The fourth-order valence-corrected chi connectivity index (χ4v) is 1.51. The Kier molecular flexibility index (Phi) is 3.01. The van der Waals surface area contributed by atoms with Crippen LogP contribution in [0.2, 0.25) is 0 Å². The van der Waals surface area contributed by atoms with Gasteiger partial charge in [-0.3, -0.25) is 9.78 Å². The quantitative estimate of drug-likeness (QED) is 0.733. The Morgan fingerprint density at radius 3 is 2.81 bits per heavy atom. The van der Waals surface area contributed by atoms with Crippen molar-refractivity contribution >= 4 is 11.6 Å². The highest BCUT2D eigenvalue weighted by molar-refractivity contribution is 6.04. The van der Waals surface area contributed by atoms with E-state index in [2.05, 4.69) is 15.6 Å². The van der Waals surface area contributed by atoms with Crippen molar-refractivity contribution in [3.63, 3.8) is 0 Å². The maximum absolute atomic E-state index is 11.9. The van der Waals surface area contributed by atoms with Gasteiger partial charge in [-0.25, -0.2) is 0 Å². The second kappa shape index (κ2) is 4.45. The van der Waals surface area contributed by atoms with Gasteiger partial charge < -0.3 is 10.6 Å². The predicted octanol–water partition coefficient (Wildman–Crippen LogP) is 1.25. The second-order valence-electron chi connectivity index (χ2n) is 3.92. The van der Waals surface area contributed by atoms with Crippen molar-refractivity contribution < 1.29 is 4.79 Å². The Hall–Kier alpha value is -1.68. The lowest BCUT2D eigenvalue weighted by atomic mass is 10.0. The molecule has 2 N–H and O–H groups in total. The molecule has 0 saturated carbocycles. The standard InChI is InChI=1S/C12H15N3O/c1-8(10-6-13-7-10)12(16)15-11-4-3-5-14-9(11)2/h3-5,13H,6-7H2,1-2H3,(H,15,16). The normalized spacial score (nSPS) is 14.2. The highest BCUT2D eigenvalue weighted by Crippen LogP contribution is 2.14. The summed E-state index contributed by atoms with van der Waals surface area (Å²) in [5.74, 6) is -0.0346. The molecule has 1 aromatic rings.